The topological polar surface area (TPSA) is 96.7 Å². The Bertz CT molecular complexity index is 1010. The molecule has 2 saturated heterocycles. The van der Waals surface area contributed by atoms with Gasteiger partial charge in [0.1, 0.15) is 11.3 Å². The van der Waals surface area contributed by atoms with E-state index in [-0.39, 0.29) is 55.4 Å². The molecule has 0 unspecified atom stereocenters. The molecule has 8 nitrogen and oxygen atoms in total. The zero-order chi connectivity index (χ0) is 27.9. The third-order valence-electron chi connectivity index (χ3n) is 8.19. The molecule has 1 saturated carbocycles. The van der Waals surface area contributed by atoms with Crippen molar-refractivity contribution in [2.75, 3.05) is 6.61 Å². The normalized spacial score (nSPS) is 29.9. The van der Waals surface area contributed by atoms with E-state index in [9.17, 15) is 27.9 Å². The Balaban J connectivity index is 1.30. The van der Waals surface area contributed by atoms with E-state index in [4.69, 9.17) is 4.74 Å². The van der Waals surface area contributed by atoms with Gasteiger partial charge in [-0.3, -0.25) is 9.59 Å². The van der Waals surface area contributed by atoms with Crippen LogP contribution < -0.4 is 5.32 Å². The van der Waals surface area contributed by atoms with Crippen LogP contribution in [-0.4, -0.2) is 76.2 Å². The molecule has 3 atom stereocenters. The minimum Gasteiger partial charge on any atom is -0.380 e. The van der Waals surface area contributed by atoms with Crippen molar-refractivity contribution in [1.29, 1.82) is 0 Å². The Morgan fingerprint density at radius 1 is 1.18 bits per heavy atom. The molecular weight excluding hydrogens is 585 g/mol. The van der Waals surface area contributed by atoms with Gasteiger partial charge in [0.15, 0.2) is 11.3 Å². The van der Waals surface area contributed by atoms with Crippen LogP contribution in [-0.2, 0) is 16.3 Å². The molecule has 3 aliphatic rings. The number of carbonyl (C=O) groups excluding carboxylic acids is 2. The minimum absolute atomic E-state index is 0.0735. The van der Waals surface area contributed by atoms with E-state index in [1.54, 1.807) is 10.7 Å². The molecule has 214 valence electrons. The number of halogens is 4. The molecule has 2 bridgehead atoms. The highest BCUT2D eigenvalue weighted by molar-refractivity contribution is 9.10. The van der Waals surface area contributed by atoms with Crippen molar-refractivity contribution in [3.8, 4) is 0 Å². The first-order valence-electron chi connectivity index (χ1n) is 13.4. The van der Waals surface area contributed by atoms with Crippen LogP contribution >= 0.6 is 15.9 Å². The van der Waals surface area contributed by atoms with Gasteiger partial charge in [-0.15, -0.1) is 0 Å². The first-order valence-corrected chi connectivity index (χ1v) is 17.9. The van der Waals surface area contributed by atoms with Gasteiger partial charge < -0.3 is 20.1 Å². The first-order chi connectivity index (χ1) is 17.7. The van der Waals surface area contributed by atoms with Gasteiger partial charge in [-0.2, -0.15) is 18.3 Å². The number of nitrogens with zero attached hydrogens (tertiary/aromatic N) is 3. The fourth-order valence-corrected chi connectivity index (χ4v) is 6.97. The average molecular weight is 624 g/mol. The van der Waals surface area contributed by atoms with Crippen LogP contribution in [0.1, 0.15) is 61.9 Å². The quantitative estimate of drug-likeness (QED) is 0.324. The van der Waals surface area contributed by atoms with Crippen molar-refractivity contribution >= 4 is 35.8 Å². The van der Waals surface area contributed by atoms with E-state index in [0.29, 0.717) is 29.7 Å². The number of aliphatic hydroxyl groups is 1. The van der Waals surface area contributed by atoms with Gasteiger partial charge in [-0.1, -0.05) is 19.6 Å². The molecule has 2 amide bonds. The molecule has 4 rings (SSSR count). The van der Waals surface area contributed by atoms with Gasteiger partial charge in [0.05, 0.1) is 0 Å². The lowest BCUT2D eigenvalue weighted by Gasteiger charge is -2.40. The smallest absolute Gasteiger partial charge is 0.380 e. The molecule has 2 N–H and O–H groups in total. The maximum atomic E-state index is 13.4. The fraction of sp³-hybridized carbons (Fsp3) is 0.800. The van der Waals surface area contributed by atoms with Crippen LogP contribution in [0, 0.1) is 5.92 Å². The second-order valence-electron chi connectivity index (χ2n) is 12.3. The Kier molecular flexibility index (Phi) is 8.71. The molecular formula is C25H38BrF3N4O4Si. The summed E-state index contributed by atoms with van der Waals surface area (Å²) in [5.74, 6) is -0.611. The number of carbonyl (C=O) groups is 2. The number of nitrogens with one attached hydrogen (secondary N) is 1. The lowest BCUT2D eigenvalue weighted by molar-refractivity contribution is -0.270. The highest BCUT2D eigenvalue weighted by atomic mass is 79.9. The van der Waals surface area contributed by atoms with Crippen LogP contribution in [0.3, 0.4) is 0 Å². The predicted molar refractivity (Wildman–Crippen MR) is 141 cm³/mol. The largest absolute Gasteiger partial charge is 0.417 e. The average Bonchev–Trinajstić information content (AvgIpc) is 3.32. The standard InChI is InChI=1S/C25H38BrF3N4O4Si/c1-38(2,3)11-10-37-15-32-21(26)14-20(31-32)23(35)33-18-4-5-19(33)13-16(12-18)22(34)30-17-6-8-24(36,9-7-17)25(27,28)29/h14,16-19,36H,4-13,15H2,1-3H3,(H,30,34)/t16-,17-,18-,19+,24-. The van der Waals surface area contributed by atoms with E-state index in [0.717, 1.165) is 18.9 Å². The van der Waals surface area contributed by atoms with Crippen LogP contribution in [0.25, 0.3) is 0 Å². The van der Waals surface area contributed by atoms with Gasteiger partial charge >= 0.3 is 6.18 Å². The summed E-state index contributed by atoms with van der Waals surface area (Å²) in [5, 5.41) is 17.2. The number of rotatable bonds is 8. The second kappa shape index (κ2) is 11.2. The molecule has 0 spiro atoms. The van der Waals surface area contributed by atoms with Gasteiger partial charge in [0, 0.05) is 44.8 Å². The number of hydrogen-bond acceptors (Lipinski definition) is 5. The summed E-state index contributed by atoms with van der Waals surface area (Å²) in [5.41, 5.74) is -2.33. The Morgan fingerprint density at radius 2 is 1.79 bits per heavy atom. The summed E-state index contributed by atoms with van der Waals surface area (Å²) < 4.78 is 47.3. The van der Waals surface area contributed by atoms with Crippen molar-refractivity contribution in [3.63, 3.8) is 0 Å². The number of piperidine rings is 1. The van der Waals surface area contributed by atoms with E-state index in [2.05, 4.69) is 46.0 Å². The number of ether oxygens (including phenoxy) is 1. The molecule has 0 aromatic carbocycles. The zero-order valence-electron chi connectivity index (χ0n) is 22.2. The maximum Gasteiger partial charge on any atom is 0.417 e. The van der Waals surface area contributed by atoms with Crippen LogP contribution in [0.5, 0.6) is 0 Å². The lowest BCUT2D eigenvalue weighted by Crippen LogP contribution is -2.53. The lowest BCUT2D eigenvalue weighted by atomic mass is 9.81. The van der Waals surface area contributed by atoms with Crippen LogP contribution in [0.2, 0.25) is 25.7 Å². The third-order valence-corrected chi connectivity index (χ3v) is 10.5. The number of aromatic nitrogens is 2. The Hall–Kier alpha value is -1.44. The van der Waals surface area contributed by atoms with Crippen molar-refractivity contribution in [2.24, 2.45) is 5.92 Å². The highest BCUT2D eigenvalue weighted by Gasteiger charge is 2.55. The van der Waals surface area contributed by atoms with Crippen molar-refractivity contribution < 1.29 is 32.6 Å². The molecule has 1 aromatic heterocycles. The highest BCUT2D eigenvalue weighted by Crippen LogP contribution is 2.42. The Morgan fingerprint density at radius 3 is 2.34 bits per heavy atom. The summed E-state index contributed by atoms with van der Waals surface area (Å²) in [4.78, 5) is 28.3. The number of alkyl halides is 3. The Labute approximate surface area is 230 Å². The molecule has 2 aliphatic heterocycles. The monoisotopic (exact) mass is 622 g/mol. The van der Waals surface area contributed by atoms with E-state index >= 15 is 0 Å². The summed E-state index contributed by atoms with van der Waals surface area (Å²) in [6, 6.07) is 2.22. The van der Waals surface area contributed by atoms with Crippen molar-refractivity contribution in [2.45, 2.75) is 114 Å². The van der Waals surface area contributed by atoms with Gasteiger partial charge in [-0.25, -0.2) is 4.68 Å². The summed E-state index contributed by atoms with van der Waals surface area (Å²) in [6.45, 7) is 7.76. The first kappa shape index (κ1) is 29.5. The maximum absolute atomic E-state index is 13.4. The SMILES string of the molecule is C[Si](C)(C)CCOCn1nc(C(=O)N2[C@@H]3CC[C@H]2C[C@H](C(=O)N[C@H]2CC[C@@](O)(C(F)(F)F)CC2)C3)cc1Br. The third kappa shape index (κ3) is 6.64. The minimum atomic E-state index is -4.66. The van der Waals surface area contributed by atoms with Crippen molar-refractivity contribution in [1.82, 2.24) is 20.0 Å². The van der Waals surface area contributed by atoms with E-state index in [1.807, 2.05) is 4.90 Å². The predicted octanol–water partition coefficient (Wildman–Crippen LogP) is 4.69. The van der Waals surface area contributed by atoms with Gasteiger partial charge in [0.2, 0.25) is 5.91 Å². The molecule has 38 heavy (non-hydrogen) atoms. The zero-order valence-corrected chi connectivity index (χ0v) is 24.8. The number of hydrogen-bond donors (Lipinski definition) is 2. The summed E-state index contributed by atoms with van der Waals surface area (Å²) >= 11 is 3.47. The van der Waals surface area contributed by atoms with Gasteiger partial charge in [-0.05, 0) is 73.3 Å². The summed E-state index contributed by atoms with van der Waals surface area (Å²) in [6.07, 6.45) is -2.64. The molecule has 13 heteroatoms. The molecule has 0 radical (unpaired) electrons. The molecule has 1 aromatic rings. The summed E-state index contributed by atoms with van der Waals surface area (Å²) in [7, 11) is -1.20. The second-order valence-corrected chi connectivity index (χ2v) is 18.7. The van der Waals surface area contributed by atoms with Gasteiger partial charge in [0.25, 0.3) is 5.91 Å². The number of amides is 2. The van der Waals surface area contributed by atoms with Crippen LogP contribution in [0.4, 0.5) is 13.2 Å². The van der Waals surface area contributed by atoms with E-state index in [1.165, 1.54) is 0 Å². The molecule has 3 fully saturated rings. The van der Waals surface area contributed by atoms with E-state index < -0.39 is 32.7 Å². The van der Waals surface area contributed by atoms with Crippen LogP contribution in [0.15, 0.2) is 10.7 Å². The fourth-order valence-electron chi connectivity index (χ4n) is 5.82. The molecule has 1 aliphatic carbocycles. The van der Waals surface area contributed by atoms with Crippen molar-refractivity contribution in [3.05, 3.63) is 16.4 Å². The molecule has 3 heterocycles. The number of fused-ring (bicyclic) bond motifs is 2.